The van der Waals surface area contributed by atoms with Crippen molar-refractivity contribution in [2.24, 2.45) is 5.92 Å². The van der Waals surface area contributed by atoms with Gasteiger partial charge in [-0.25, -0.2) is 0 Å². The molecule has 1 saturated heterocycles. The first kappa shape index (κ1) is 23.6. The number of hydrogen-bond acceptors (Lipinski definition) is 5. The van der Waals surface area contributed by atoms with Crippen LogP contribution in [0.15, 0.2) is 71.3 Å². The quantitative estimate of drug-likeness (QED) is 0.500. The topological polar surface area (TPSA) is 88.9 Å². The van der Waals surface area contributed by atoms with E-state index < -0.39 is 23.9 Å². The zero-order chi connectivity index (χ0) is 24.1. The molecular weight excluding hydrogens is 456 g/mol. The summed E-state index contributed by atoms with van der Waals surface area (Å²) in [5, 5.41) is 3.32. The fraction of sp³-hybridized carbons (Fsp3) is 0.269. The highest BCUT2D eigenvalue weighted by Gasteiger charge is 2.33. The van der Waals surface area contributed by atoms with E-state index >= 15 is 0 Å². The molecular formula is C26H25ClN2O5. The molecule has 1 N–H and O–H groups in total. The lowest BCUT2D eigenvalue weighted by atomic mass is 9.96. The van der Waals surface area contributed by atoms with Gasteiger partial charge < -0.3 is 19.4 Å². The third-order valence-electron chi connectivity index (χ3n) is 5.86. The summed E-state index contributed by atoms with van der Waals surface area (Å²) < 4.78 is 10.9. The number of likely N-dealkylation sites (tertiary alicyclic amines) is 1. The van der Waals surface area contributed by atoms with Gasteiger partial charge in [0.1, 0.15) is 0 Å². The van der Waals surface area contributed by atoms with Crippen molar-refractivity contribution in [3.05, 3.63) is 88.8 Å². The van der Waals surface area contributed by atoms with Gasteiger partial charge >= 0.3 is 5.97 Å². The highest BCUT2D eigenvalue weighted by molar-refractivity contribution is 6.31. The van der Waals surface area contributed by atoms with Crippen LogP contribution in [-0.4, -0.2) is 35.8 Å². The van der Waals surface area contributed by atoms with Crippen LogP contribution in [0.2, 0.25) is 5.02 Å². The number of piperidine rings is 1. The largest absolute Gasteiger partial charge is 0.459 e. The van der Waals surface area contributed by atoms with Gasteiger partial charge in [0.05, 0.1) is 12.2 Å². The first-order valence-corrected chi connectivity index (χ1v) is 11.5. The Balaban J connectivity index is 1.42. The molecule has 1 atom stereocenters. The van der Waals surface area contributed by atoms with Gasteiger partial charge in [-0.2, -0.15) is 0 Å². The molecule has 176 valence electrons. The number of aryl methyl sites for hydroxylation is 1. The Bertz CT molecular complexity index is 1160. The number of rotatable bonds is 6. The zero-order valence-corrected chi connectivity index (χ0v) is 19.5. The van der Waals surface area contributed by atoms with E-state index in [1.54, 1.807) is 59.5 Å². The first-order valence-electron chi connectivity index (χ1n) is 11.1. The molecule has 0 spiro atoms. The molecule has 1 unspecified atom stereocenters. The minimum atomic E-state index is -1.11. The number of amides is 2. The average Bonchev–Trinajstić information content (AvgIpc) is 3.40. The van der Waals surface area contributed by atoms with Crippen molar-refractivity contribution in [1.82, 2.24) is 4.90 Å². The van der Waals surface area contributed by atoms with Crippen LogP contribution in [0.1, 0.15) is 40.6 Å². The van der Waals surface area contributed by atoms with Gasteiger partial charge in [-0.1, -0.05) is 48.0 Å². The van der Waals surface area contributed by atoms with Gasteiger partial charge in [-0.15, -0.1) is 0 Å². The molecule has 1 aromatic heterocycles. The number of benzene rings is 2. The summed E-state index contributed by atoms with van der Waals surface area (Å²) in [7, 11) is 0. The molecule has 0 saturated carbocycles. The van der Waals surface area contributed by atoms with Gasteiger partial charge in [-0.3, -0.25) is 14.4 Å². The number of furan rings is 1. The SMILES string of the molecule is Cc1ccc(NC(=O)C(OC(=O)C2CCN(C(=O)c3ccco3)CC2)c2ccccc2)cc1Cl. The summed E-state index contributed by atoms with van der Waals surface area (Å²) in [6, 6.07) is 17.4. The summed E-state index contributed by atoms with van der Waals surface area (Å²) in [6.07, 6.45) is 1.23. The maximum Gasteiger partial charge on any atom is 0.310 e. The van der Waals surface area contributed by atoms with Gasteiger partial charge in [0, 0.05) is 29.4 Å². The lowest BCUT2D eigenvalue weighted by Crippen LogP contribution is -2.41. The van der Waals surface area contributed by atoms with E-state index in [1.807, 2.05) is 13.0 Å². The van der Waals surface area contributed by atoms with Crippen molar-refractivity contribution in [3.8, 4) is 0 Å². The third-order valence-corrected chi connectivity index (χ3v) is 6.27. The Morgan fingerprint density at radius 2 is 1.79 bits per heavy atom. The van der Waals surface area contributed by atoms with Gasteiger partial charge in [0.2, 0.25) is 6.10 Å². The molecule has 2 heterocycles. The Hall–Kier alpha value is -3.58. The number of esters is 1. The number of anilines is 1. The number of carbonyl (C=O) groups excluding carboxylic acids is 3. The Kier molecular flexibility index (Phi) is 7.33. The first-order chi connectivity index (χ1) is 16.4. The van der Waals surface area contributed by atoms with Crippen LogP contribution in [0.3, 0.4) is 0 Å². The van der Waals surface area contributed by atoms with Crippen LogP contribution in [0, 0.1) is 12.8 Å². The van der Waals surface area contributed by atoms with E-state index in [1.165, 1.54) is 6.26 Å². The molecule has 0 radical (unpaired) electrons. The second-order valence-corrected chi connectivity index (χ2v) is 8.63. The molecule has 4 rings (SSSR count). The second-order valence-electron chi connectivity index (χ2n) is 8.22. The Labute approximate surface area is 202 Å². The van der Waals surface area contributed by atoms with Crippen molar-refractivity contribution in [2.75, 3.05) is 18.4 Å². The Morgan fingerprint density at radius 3 is 2.44 bits per heavy atom. The molecule has 2 amide bonds. The van der Waals surface area contributed by atoms with Gasteiger partial charge in [0.25, 0.3) is 11.8 Å². The molecule has 8 heteroatoms. The van der Waals surface area contributed by atoms with Crippen LogP contribution in [0.5, 0.6) is 0 Å². The monoisotopic (exact) mass is 480 g/mol. The fourth-order valence-electron chi connectivity index (χ4n) is 3.87. The number of ether oxygens (including phenoxy) is 1. The van der Waals surface area contributed by atoms with Crippen molar-refractivity contribution in [1.29, 1.82) is 0 Å². The normalized spacial score (nSPS) is 14.9. The smallest absolute Gasteiger partial charge is 0.310 e. The van der Waals surface area contributed by atoms with E-state index in [9.17, 15) is 14.4 Å². The van der Waals surface area contributed by atoms with Crippen molar-refractivity contribution >= 4 is 35.1 Å². The zero-order valence-electron chi connectivity index (χ0n) is 18.7. The van der Waals surface area contributed by atoms with Crippen LogP contribution in [-0.2, 0) is 14.3 Å². The number of hydrogen-bond donors (Lipinski definition) is 1. The molecule has 0 bridgehead atoms. The standard InChI is InChI=1S/C26H25ClN2O5/c1-17-9-10-20(16-21(17)27)28-24(30)23(18-6-3-2-4-7-18)34-26(32)19-11-13-29(14-12-19)25(31)22-8-5-15-33-22/h2-10,15-16,19,23H,11-14H2,1H3,(H,28,30). The molecule has 1 aliphatic rings. The average molecular weight is 481 g/mol. The molecule has 1 aliphatic heterocycles. The predicted octanol–water partition coefficient (Wildman–Crippen LogP) is 5.02. The van der Waals surface area contributed by atoms with Crippen LogP contribution in [0.4, 0.5) is 5.69 Å². The fourth-order valence-corrected chi connectivity index (χ4v) is 4.05. The summed E-state index contributed by atoms with van der Waals surface area (Å²) in [6.45, 7) is 2.68. The van der Waals surface area contributed by atoms with Crippen molar-refractivity contribution < 1.29 is 23.5 Å². The maximum atomic E-state index is 13.1. The predicted molar refractivity (Wildman–Crippen MR) is 127 cm³/mol. The summed E-state index contributed by atoms with van der Waals surface area (Å²) in [4.78, 5) is 40.2. The summed E-state index contributed by atoms with van der Waals surface area (Å²) >= 11 is 6.18. The van der Waals surface area contributed by atoms with Crippen LogP contribution >= 0.6 is 11.6 Å². The minimum Gasteiger partial charge on any atom is -0.459 e. The second kappa shape index (κ2) is 10.6. The molecule has 2 aromatic carbocycles. The van der Waals surface area contributed by atoms with Gasteiger partial charge in [-0.05, 0) is 49.6 Å². The van der Waals surface area contributed by atoms with E-state index in [4.69, 9.17) is 20.8 Å². The molecule has 1 fully saturated rings. The summed E-state index contributed by atoms with van der Waals surface area (Å²) in [5.41, 5.74) is 1.97. The molecule has 0 aliphatic carbocycles. The molecule has 7 nitrogen and oxygen atoms in total. The number of halogens is 1. The highest BCUT2D eigenvalue weighted by atomic mass is 35.5. The maximum absolute atomic E-state index is 13.1. The van der Waals surface area contributed by atoms with E-state index in [2.05, 4.69) is 5.32 Å². The number of nitrogens with one attached hydrogen (secondary N) is 1. The summed E-state index contributed by atoms with van der Waals surface area (Å²) in [5.74, 6) is -1.26. The lowest BCUT2D eigenvalue weighted by molar-refractivity contribution is -0.160. The van der Waals surface area contributed by atoms with E-state index in [-0.39, 0.29) is 11.7 Å². The van der Waals surface area contributed by atoms with Crippen LogP contribution in [0.25, 0.3) is 0 Å². The van der Waals surface area contributed by atoms with Crippen molar-refractivity contribution in [3.63, 3.8) is 0 Å². The van der Waals surface area contributed by atoms with Gasteiger partial charge in [0.15, 0.2) is 5.76 Å². The highest BCUT2D eigenvalue weighted by Crippen LogP contribution is 2.27. The third kappa shape index (κ3) is 5.48. The Morgan fingerprint density at radius 1 is 1.06 bits per heavy atom. The number of carbonyl (C=O) groups is 3. The van der Waals surface area contributed by atoms with E-state index in [0.717, 1.165) is 5.56 Å². The number of nitrogens with zero attached hydrogens (tertiary/aromatic N) is 1. The lowest BCUT2D eigenvalue weighted by Gasteiger charge is -2.31. The van der Waals surface area contributed by atoms with E-state index in [0.29, 0.717) is 42.2 Å². The molecule has 34 heavy (non-hydrogen) atoms. The van der Waals surface area contributed by atoms with Crippen molar-refractivity contribution in [2.45, 2.75) is 25.9 Å². The molecule has 3 aromatic rings. The van der Waals surface area contributed by atoms with Crippen LogP contribution < -0.4 is 5.32 Å². The minimum absolute atomic E-state index is 0.199.